The number of carbonyl (C=O) groups excluding carboxylic acids is 2. The number of hydrogen-bond donors (Lipinski definition) is 0. The summed E-state index contributed by atoms with van der Waals surface area (Å²) in [5.41, 5.74) is 0.243. The molecule has 0 radical (unpaired) electrons. The van der Waals surface area contributed by atoms with Gasteiger partial charge < -0.3 is 18.9 Å². The standard InChI is InChI=1S/C32H44N2O6/c1-31(2,33-15-21-37-22-16-33)29(35)25-7-11-27(12-8-25)39-19-5-6-20-40-28-13-9-26(10-14-28)30(36)32(3,4)34-17-23-38-24-18-34/h7-14H,5-6,15-24H2,1-4H3. The largest absolute Gasteiger partial charge is 0.494 e. The van der Waals surface area contributed by atoms with Gasteiger partial charge in [0.2, 0.25) is 0 Å². The van der Waals surface area contributed by atoms with E-state index in [1.807, 2.05) is 76.2 Å². The summed E-state index contributed by atoms with van der Waals surface area (Å²) >= 11 is 0. The van der Waals surface area contributed by atoms with Gasteiger partial charge in [0.25, 0.3) is 0 Å². The van der Waals surface area contributed by atoms with Crippen molar-refractivity contribution >= 4 is 11.6 Å². The lowest BCUT2D eigenvalue weighted by molar-refractivity contribution is -0.00443. The quantitative estimate of drug-likeness (QED) is 0.265. The molecule has 2 aromatic carbocycles. The topological polar surface area (TPSA) is 77.5 Å². The Morgan fingerprint density at radius 3 is 1.27 bits per heavy atom. The summed E-state index contributed by atoms with van der Waals surface area (Å²) in [4.78, 5) is 30.6. The Balaban J connectivity index is 1.15. The molecule has 0 unspecified atom stereocenters. The fourth-order valence-corrected chi connectivity index (χ4v) is 5.23. The van der Waals surface area contributed by atoms with Crippen molar-refractivity contribution in [3.05, 3.63) is 59.7 Å². The van der Waals surface area contributed by atoms with Crippen molar-refractivity contribution in [2.24, 2.45) is 0 Å². The van der Waals surface area contributed by atoms with Crippen LogP contribution in [0.15, 0.2) is 48.5 Å². The van der Waals surface area contributed by atoms with Crippen LogP contribution in [-0.4, -0.2) is 98.3 Å². The van der Waals surface area contributed by atoms with Gasteiger partial charge >= 0.3 is 0 Å². The monoisotopic (exact) mass is 552 g/mol. The van der Waals surface area contributed by atoms with E-state index in [1.165, 1.54) is 0 Å². The molecule has 0 N–H and O–H groups in total. The van der Waals surface area contributed by atoms with Crippen LogP contribution in [0, 0.1) is 0 Å². The van der Waals surface area contributed by atoms with Crippen molar-refractivity contribution in [1.82, 2.24) is 9.80 Å². The number of benzene rings is 2. The number of ether oxygens (including phenoxy) is 4. The average molecular weight is 553 g/mol. The highest BCUT2D eigenvalue weighted by Crippen LogP contribution is 2.25. The Labute approximate surface area is 238 Å². The number of Topliss-reactive ketones (excluding diaryl/α,β-unsaturated/α-hetero) is 2. The molecule has 2 aliphatic heterocycles. The molecular weight excluding hydrogens is 508 g/mol. The fraction of sp³-hybridized carbons (Fsp3) is 0.562. The molecule has 40 heavy (non-hydrogen) atoms. The summed E-state index contributed by atoms with van der Waals surface area (Å²) < 4.78 is 22.6. The number of carbonyl (C=O) groups is 2. The van der Waals surface area contributed by atoms with Crippen LogP contribution in [-0.2, 0) is 9.47 Å². The summed E-state index contributed by atoms with van der Waals surface area (Å²) in [6, 6.07) is 14.8. The number of ketones is 2. The van der Waals surface area contributed by atoms with Crippen LogP contribution >= 0.6 is 0 Å². The van der Waals surface area contributed by atoms with Crippen LogP contribution in [0.1, 0.15) is 61.3 Å². The predicted molar refractivity (Wildman–Crippen MR) is 155 cm³/mol. The van der Waals surface area contributed by atoms with Crippen molar-refractivity contribution in [3.63, 3.8) is 0 Å². The highest BCUT2D eigenvalue weighted by Gasteiger charge is 2.37. The van der Waals surface area contributed by atoms with E-state index in [9.17, 15) is 9.59 Å². The van der Waals surface area contributed by atoms with Crippen molar-refractivity contribution in [3.8, 4) is 11.5 Å². The molecule has 0 bridgehead atoms. The molecule has 2 heterocycles. The lowest BCUT2D eigenvalue weighted by atomic mass is 9.91. The molecule has 8 heteroatoms. The zero-order valence-electron chi connectivity index (χ0n) is 24.4. The number of hydrogen-bond acceptors (Lipinski definition) is 8. The average Bonchev–Trinajstić information content (AvgIpc) is 2.99. The van der Waals surface area contributed by atoms with E-state index in [1.54, 1.807) is 0 Å². The Morgan fingerprint density at radius 1 is 0.625 bits per heavy atom. The van der Waals surface area contributed by atoms with E-state index in [2.05, 4.69) is 9.80 Å². The first-order valence-electron chi connectivity index (χ1n) is 14.4. The number of unbranched alkanes of at least 4 members (excludes halogenated alkanes) is 1. The SMILES string of the molecule is CC(C)(C(=O)c1ccc(OCCCCOc2ccc(C(=O)C(C)(C)N3CCOCC3)cc2)cc1)N1CCOCC1. The summed E-state index contributed by atoms with van der Waals surface area (Å²) in [6.45, 7) is 14.8. The third-order valence-electron chi connectivity index (χ3n) is 8.02. The van der Waals surface area contributed by atoms with Crippen molar-refractivity contribution < 1.29 is 28.5 Å². The predicted octanol–water partition coefficient (Wildman–Crippen LogP) is 4.51. The molecule has 0 aromatic heterocycles. The van der Waals surface area contributed by atoms with Crippen LogP contribution in [0.3, 0.4) is 0 Å². The van der Waals surface area contributed by atoms with Crippen LogP contribution < -0.4 is 9.47 Å². The second-order valence-corrected chi connectivity index (χ2v) is 11.4. The molecule has 0 aliphatic carbocycles. The molecule has 4 rings (SSSR count). The van der Waals surface area contributed by atoms with Gasteiger partial charge in [0.1, 0.15) is 11.5 Å². The van der Waals surface area contributed by atoms with Crippen molar-refractivity contribution in [2.45, 2.75) is 51.6 Å². The van der Waals surface area contributed by atoms with Gasteiger partial charge in [-0.2, -0.15) is 0 Å². The van der Waals surface area contributed by atoms with Gasteiger partial charge in [-0.25, -0.2) is 0 Å². The van der Waals surface area contributed by atoms with Gasteiger partial charge in [0, 0.05) is 37.3 Å². The second kappa shape index (κ2) is 13.7. The zero-order chi connectivity index (χ0) is 28.6. The molecule has 2 aromatic rings. The fourth-order valence-electron chi connectivity index (χ4n) is 5.23. The van der Waals surface area contributed by atoms with Gasteiger partial charge in [-0.3, -0.25) is 19.4 Å². The van der Waals surface area contributed by atoms with E-state index in [0.717, 1.165) is 50.5 Å². The van der Waals surface area contributed by atoms with Crippen molar-refractivity contribution in [1.29, 1.82) is 0 Å². The van der Waals surface area contributed by atoms with E-state index in [0.29, 0.717) is 50.8 Å². The smallest absolute Gasteiger partial charge is 0.182 e. The normalized spacial score (nSPS) is 17.4. The zero-order valence-corrected chi connectivity index (χ0v) is 24.4. The first-order chi connectivity index (χ1) is 19.2. The molecule has 218 valence electrons. The molecule has 0 atom stereocenters. The highest BCUT2D eigenvalue weighted by molar-refractivity contribution is 6.03. The van der Waals surface area contributed by atoms with Gasteiger partial charge in [0.15, 0.2) is 11.6 Å². The van der Waals surface area contributed by atoms with E-state index >= 15 is 0 Å². The summed E-state index contributed by atoms with van der Waals surface area (Å²) in [7, 11) is 0. The lowest BCUT2D eigenvalue weighted by Crippen LogP contribution is -2.54. The van der Waals surface area contributed by atoms with E-state index in [4.69, 9.17) is 18.9 Å². The maximum atomic E-state index is 13.1. The molecule has 8 nitrogen and oxygen atoms in total. The molecular formula is C32H44N2O6. The summed E-state index contributed by atoms with van der Waals surface area (Å²) in [6.07, 6.45) is 1.68. The second-order valence-electron chi connectivity index (χ2n) is 11.4. The Kier molecular flexibility index (Phi) is 10.4. The summed E-state index contributed by atoms with van der Waals surface area (Å²) in [5.74, 6) is 1.72. The van der Waals surface area contributed by atoms with E-state index in [-0.39, 0.29) is 11.6 Å². The molecule has 2 saturated heterocycles. The minimum atomic E-state index is -0.568. The van der Waals surface area contributed by atoms with E-state index < -0.39 is 11.1 Å². The van der Waals surface area contributed by atoms with Gasteiger partial charge in [0.05, 0.1) is 50.7 Å². The maximum absolute atomic E-state index is 13.1. The van der Waals surface area contributed by atoms with Gasteiger partial charge in [-0.05, 0) is 89.1 Å². The molecule has 0 saturated carbocycles. The minimum Gasteiger partial charge on any atom is -0.494 e. The van der Waals surface area contributed by atoms with Gasteiger partial charge in [-0.1, -0.05) is 0 Å². The van der Waals surface area contributed by atoms with Crippen LogP contribution in [0.5, 0.6) is 11.5 Å². The van der Waals surface area contributed by atoms with Crippen LogP contribution in [0.4, 0.5) is 0 Å². The first kappa shape index (κ1) is 30.2. The Morgan fingerprint density at radius 2 is 0.950 bits per heavy atom. The molecule has 0 spiro atoms. The minimum absolute atomic E-state index is 0.108. The third kappa shape index (κ3) is 7.49. The third-order valence-corrected chi connectivity index (χ3v) is 8.02. The number of morpholine rings is 2. The Bertz CT molecular complexity index is 1010. The maximum Gasteiger partial charge on any atom is 0.182 e. The van der Waals surface area contributed by atoms with Crippen LogP contribution in [0.2, 0.25) is 0 Å². The Hall–Kier alpha value is -2.78. The highest BCUT2D eigenvalue weighted by atomic mass is 16.5. The van der Waals surface area contributed by atoms with Crippen LogP contribution in [0.25, 0.3) is 0 Å². The molecule has 0 amide bonds. The number of nitrogens with zero attached hydrogens (tertiary/aromatic N) is 2. The first-order valence-corrected chi connectivity index (χ1v) is 14.4. The van der Waals surface area contributed by atoms with Crippen molar-refractivity contribution in [2.75, 3.05) is 65.8 Å². The summed E-state index contributed by atoms with van der Waals surface area (Å²) in [5, 5.41) is 0. The lowest BCUT2D eigenvalue weighted by Gasteiger charge is -2.39. The van der Waals surface area contributed by atoms with Gasteiger partial charge in [-0.15, -0.1) is 0 Å². The molecule has 2 fully saturated rings. The number of rotatable bonds is 13. The molecule has 2 aliphatic rings.